The van der Waals surface area contributed by atoms with Crippen molar-refractivity contribution < 1.29 is 9.47 Å². The van der Waals surface area contributed by atoms with Crippen LogP contribution in [0.25, 0.3) is 22.3 Å². The van der Waals surface area contributed by atoms with Crippen LogP contribution < -0.4 is 9.47 Å². The lowest BCUT2D eigenvalue weighted by molar-refractivity contribution is 0.356. The number of nitriles is 1. The van der Waals surface area contributed by atoms with Crippen molar-refractivity contribution in [1.82, 2.24) is 9.97 Å². The maximum absolute atomic E-state index is 8.99. The summed E-state index contributed by atoms with van der Waals surface area (Å²) in [5.74, 6) is 1.82. The van der Waals surface area contributed by atoms with Gasteiger partial charge in [0.05, 0.1) is 31.4 Å². The molecule has 2 aromatic carbocycles. The molecule has 0 amide bonds. The third-order valence-electron chi connectivity index (χ3n) is 3.33. The second-order valence-electron chi connectivity index (χ2n) is 4.65. The Morgan fingerprint density at radius 1 is 1.05 bits per heavy atom. The molecular weight excluding hydrogens is 278 g/mol. The molecule has 0 aliphatic heterocycles. The predicted octanol–water partition coefficient (Wildman–Crippen LogP) is 3.19. The molecular formula is C17H13N3O2. The molecule has 0 N–H and O–H groups in total. The molecule has 0 aliphatic carbocycles. The van der Waals surface area contributed by atoms with E-state index in [0.717, 1.165) is 16.5 Å². The lowest BCUT2D eigenvalue weighted by atomic mass is 10.1. The van der Waals surface area contributed by atoms with Gasteiger partial charge in [0, 0.05) is 23.2 Å². The summed E-state index contributed by atoms with van der Waals surface area (Å²) in [5.41, 5.74) is 2.13. The van der Waals surface area contributed by atoms with Gasteiger partial charge < -0.3 is 9.47 Å². The Balaban J connectivity index is 2.15. The molecule has 3 aromatic rings. The van der Waals surface area contributed by atoms with Gasteiger partial charge in [-0.15, -0.1) is 0 Å². The fraction of sp³-hybridized carbons (Fsp3) is 0.118. The third kappa shape index (κ3) is 2.42. The molecule has 0 radical (unpaired) electrons. The van der Waals surface area contributed by atoms with E-state index in [1.165, 1.54) is 0 Å². The SMILES string of the molecule is COc1cc2cnc(-c3cccc(C#N)c3)nc2cc1OC. The fourth-order valence-corrected chi connectivity index (χ4v) is 2.22. The minimum absolute atomic E-state index is 0.566. The zero-order valence-electron chi connectivity index (χ0n) is 12.2. The van der Waals surface area contributed by atoms with Gasteiger partial charge in [0.25, 0.3) is 0 Å². The first kappa shape index (κ1) is 13.8. The molecule has 5 heteroatoms. The standard InChI is InChI=1S/C17H13N3O2/c1-21-15-7-13-10-19-17(20-14(13)8-16(15)22-2)12-5-3-4-11(6-12)9-18/h3-8,10H,1-2H3. The maximum atomic E-state index is 8.99. The van der Waals surface area contributed by atoms with Gasteiger partial charge >= 0.3 is 0 Å². The monoisotopic (exact) mass is 291 g/mol. The second kappa shape index (κ2) is 5.70. The molecule has 0 saturated heterocycles. The van der Waals surface area contributed by atoms with Crippen molar-refractivity contribution in [2.45, 2.75) is 0 Å². The first-order valence-corrected chi connectivity index (χ1v) is 6.64. The minimum Gasteiger partial charge on any atom is -0.493 e. The van der Waals surface area contributed by atoms with Crippen LogP contribution in [0.15, 0.2) is 42.6 Å². The Kier molecular flexibility index (Phi) is 3.58. The van der Waals surface area contributed by atoms with Crippen molar-refractivity contribution in [2.75, 3.05) is 14.2 Å². The summed E-state index contributed by atoms with van der Waals surface area (Å²) >= 11 is 0. The van der Waals surface area contributed by atoms with Crippen molar-refractivity contribution in [1.29, 1.82) is 5.26 Å². The normalized spacial score (nSPS) is 10.2. The van der Waals surface area contributed by atoms with Gasteiger partial charge in [0.1, 0.15) is 0 Å². The van der Waals surface area contributed by atoms with Gasteiger partial charge in [-0.2, -0.15) is 5.26 Å². The van der Waals surface area contributed by atoms with Crippen LogP contribution in [0.5, 0.6) is 11.5 Å². The van der Waals surface area contributed by atoms with Crippen LogP contribution in [0.1, 0.15) is 5.56 Å². The highest BCUT2D eigenvalue weighted by Gasteiger charge is 2.09. The summed E-state index contributed by atoms with van der Waals surface area (Å²) in [6.07, 6.45) is 1.73. The highest BCUT2D eigenvalue weighted by Crippen LogP contribution is 2.31. The van der Waals surface area contributed by atoms with Crippen LogP contribution in [0, 0.1) is 11.3 Å². The molecule has 0 unspecified atom stereocenters. The summed E-state index contributed by atoms with van der Waals surface area (Å²) in [6, 6.07) is 13.0. The van der Waals surface area contributed by atoms with Gasteiger partial charge in [-0.1, -0.05) is 12.1 Å². The van der Waals surface area contributed by atoms with E-state index in [1.54, 1.807) is 32.5 Å². The molecule has 0 saturated carbocycles. The molecule has 0 fully saturated rings. The predicted molar refractivity (Wildman–Crippen MR) is 82.8 cm³/mol. The number of fused-ring (bicyclic) bond motifs is 1. The topological polar surface area (TPSA) is 68.0 Å². The zero-order chi connectivity index (χ0) is 15.5. The molecule has 108 valence electrons. The minimum atomic E-state index is 0.566. The van der Waals surface area contributed by atoms with E-state index in [0.29, 0.717) is 22.9 Å². The number of aromatic nitrogens is 2. The Hall–Kier alpha value is -3.13. The quantitative estimate of drug-likeness (QED) is 0.741. The van der Waals surface area contributed by atoms with Crippen molar-refractivity contribution in [3.63, 3.8) is 0 Å². The summed E-state index contributed by atoms with van der Waals surface area (Å²) in [7, 11) is 3.18. The summed E-state index contributed by atoms with van der Waals surface area (Å²) in [6.45, 7) is 0. The van der Waals surface area contributed by atoms with Crippen LogP contribution >= 0.6 is 0 Å². The van der Waals surface area contributed by atoms with E-state index in [9.17, 15) is 0 Å². The Bertz CT molecular complexity index is 885. The first-order chi connectivity index (χ1) is 10.7. The van der Waals surface area contributed by atoms with Gasteiger partial charge in [0.2, 0.25) is 0 Å². The van der Waals surface area contributed by atoms with Crippen LogP contribution in [-0.2, 0) is 0 Å². The number of rotatable bonds is 3. The van der Waals surface area contributed by atoms with Crippen molar-refractivity contribution in [3.05, 3.63) is 48.2 Å². The summed E-state index contributed by atoms with van der Waals surface area (Å²) < 4.78 is 10.6. The average Bonchev–Trinajstić information content (AvgIpc) is 2.59. The molecule has 0 atom stereocenters. The van der Waals surface area contributed by atoms with E-state index in [-0.39, 0.29) is 0 Å². The van der Waals surface area contributed by atoms with Crippen molar-refractivity contribution in [2.24, 2.45) is 0 Å². The maximum Gasteiger partial charge on any atom is 0.162 e. The van der Waals surface area contributed by atoms with E-state index < -0.39 is 0 Å². The molecule has 5 nitrogen and oxygen atoms in total. The number of hydrogen-bond acceptors (Lipinski definition) is 5. The largest absolute Gasteiger partial charge is 0.493 e. The van der Waals surface area contributed by atoms with Crippen molar-refractivity contribution >= 4 is 10.9 Å². The third-order valence-corrected chi connectivity index (χ3v) is 3.33. The lowest BCUT2D eigenvalue weighted by Crippen LogP contribution is -1.94. The molecule has 0 bridgehead atoms. The van der Waals surface area contributed by atoms with E-state index in [4.69, 9.17) is 14.7 Å². The average molecular weight is 291 g/mol. The molecule has 3 rings (SSSR count). The van der Waals surface area contributed by atoms with Gasteiger partial charge in [-0.3, -0.25) is 0 Å². The molecule has 0 spiro atoms. The van der Waals surface area contributed by atoms with E-state index >= 15 is 0 Å². The highest BCUT2D eigenvalue weighted by atomic mass is 16.5. The second-order valence-corrected chi connectivity index (χ2v) is 4.65. The summed E-state index contributed by atoms with van der Waals surface area (Å²) in [4.78, 5) is 8.92. The smallest absolute Gasteiger partial charge is 0.162 e. The first-order valence-electron chi connectivity index (χ1n) is 6.64. The molecule has 1 aromatic heterocycles. The zero-order valence-corrected chi connectivity index (χ0v) is 12.2. The molecule has 1 heterocycles. The summed E-state index contributed by atoms with van der Waals surface area (Å²) in [5, 5.41) is 9.84. The van der Waals surface area contributed by atoms with Crippen LogP contribution in [0.2, 0.25) is 0 Å². The Labute approximate surface area is 127 Å². The molecule has 0 aliphatic rings. The van der Waals surface area contributed by atoms with Gasteiger partial charge in [-0.25, -0.2) is 9.97 Å². The Morgan fingerprint density at radius 2 is 1.82 bits per heavy atom. The van der Waals surface area contributed by atoms with Gasteiger partial charge in [-0.05, 0) is 18.2 Å². The molecule has 22 heavy (non-hydrogen) atoms. The number of hydrogen-bond donors (Lipinski definition) is 0. The highest BCUT2D eigenvalue weighted by molar-refractivity contribution is 5.83. The van der Waals surface area contributed by atoms with Gasteiger partial charge in [0.15, 0.2) is 17.3 Å². The number of benzene rings is 2. The lowest BCUT2D eigenvalue weighted by Gasteiger charge is -2.09. The van der Waals surface area contributed by atoms with Crippen LogP contribution in [0.4, 0.5) is 0 Å². The van der Waals surface area contributed by atoms with Crippen molar-refractivity contribution in [3.8, 4) is 29.0 Å². The Morgan fingerprint density at radius 3 is 2.55 bits per heavy atom. The number of ether oxygens (including phenoxy) is 2. The van der Waals surface area contributed by atoms with E-state index in [2.05, 4.69) is 16.0 Å². The number of nitrogens with zero attached hydrogens (tertiary/aromatic N) is 3. The number of methoxy groups -OCH3 is 2. The van der Waals surface area contributed by atoms with E-state index in [1.807, 2.05) is 24.3 Å². The van der Waals surface area contributed by atoms with Crippen LogP contribution in [0.3, 0.4) is 0 Å². The fourth-order valence-electron chi connectivity index (χ4n) is 2.22. The van der Waals surface area contributed by atoms with Crippen LogP contribution in [-0.4, -0.2) is 24.2 Å².